The van der Waals surface area contributed by atoms with E-state index in [1.165, 1.54) is 4.31 Å². The molecular weight excluding hydrogens is 294 g/mol. The van der Waals surface area contributed by atoms with E-state index in [4.69, 9.17) is 4.74 Å². The molecular formula is C13H25N3O4S. The van der Waals surface area contributed by atoms with Gasteiger partial charge in [-0.25, -0.2) is 0 Å². The van der Waals surface area contributed by atoms with Crippen molar-refractivity contribution in [3.05, 3.63) is 0 Å². The molecule has 21 heavy (non-hydrogen) atoms. The van der Waals surface area contributed by atoms with E-state index >= 15 is 0 Å². The fourth-order valence-corrected chi connectivity index (χ4v) is 4.70. The highest BCUT2D eigenvalue weighted by Gasteiger charge is 2.41. The molecule has 0 spiro atoms. The van der Waals surface area contributed by atoms with Crippen molar-refractivity contribution < 1.29 is 17.9 Å². The summed E-state index contributed by atoms with van der Waals surface area (Å²) in [5, 5.41) is 3.26. The van der Waals surface area contributed by atoms with Crippen LogP contribution in [0.5, 0.6) is 0 Å². The van der Waals surface area contributed by atoms with Crippen LogP contribution in [0.4, 0.5) is 0 Å². The van der Waals surface area contributed by atoms with Crippen LogP contribution in [0.25, 0.3) is 0 Å². The van der Waals surface area contributed by atoms with Gasteiger partial charge in [0.15, 0.2) is 0 Å². The van der Waals surface area contributed by atoms with Crippen molar-refractivity contribution in [2.75, 3.05) is 19.7 Å². The molecule has 0 aromatic heterocycles. The van der Waals surface area contributed by atoms with Gasteiger partial charge in [-0.05, 0) is 46.1 Å². The molecule has 0 bridgehead atoms. The van der Waals surface area contributed by atoms with Gasteiger partial charge in [0.25, 0.3) is 10.2 Å². The molecule has 2 aliphatic rings. The van der Waals surface area contributed by atoms with E-state index in [1.54, 1.807) is 6.92 Å². The lowest BCUT2D eigenvalue weighted by molar-refractivity contribution is -0.146. The third-order valence-electron chi connectivity index (χ3n) is 4.13. The second-order valence-electron chi connectivity index (χ2n) is 5.64. The van der Waals surface area contributed by atoms with E-state index in [1.807, 2.05) is 6.92 Å². The zero-order valence-electron chi connectivity index (χ0n) is 12.7. The van der Waals surface area contributed by atoms with Crippen LogP contribution in [0, 0.1) is 0 Å². The lowest BCUT2D eigenvalue weighted by Crippen LogP contribution is -2.56. The molecule has 8 heteroatoms. The normalized spacial score (nSPS) is 31.2. The molecule has 0 aliphatic carbocycles. The van der Waals surface area contributed by atoms with Crippen molar-refractivity contribution in [1.29, 1.82) is 0 Å². The minimum Gasteiger partial charge on any atom is -0.465 e. The van der Waals surface area contributed by atoms with Crippen LogP contribution in [0.1, 0.15) is 39.5 Å². The molecule has 2 heterocycles. The maximum atomic E-state index is 12.5. The second kappa shape index (κ2) is 7.04. The van der Waals surface area contributed by atoms with Crippen molar-refractivity contribution in [1.82, 2.24) is 14.3 Å². The standard InChI is InChI=1S/C13H25N3O4S/c1-3-20-13(17)12-7-5-9-16(12)21(18,19)15-11-6-4-8-14-10(11)2/h10-12,14-15H,3-9H2,1-2H3. The van der Waals surface area contributed by atoms with Crippen molar-refractivity contribution >= 4 is 16.2 Å². The third-order valence-corrected chi connectivity index (χ3v) is 5.79. The highest BCUT2D eigenvalue weighted by atomic mass is 32.2. The molecule has 2 N–H and O–H groups in total. The van der Waals surface area contributed by atoms with Crippen molar-refractivity contribution in [3.63, 3.8) is 0 Å². The number of hydrogen-bond donors (Lipinski definition) is 2. The average molecular weight is 319 g/mol. The van der Waals surface area contributed by atoms with E-state index in [-0.39, 0.29) is 18.7 Å². The summed E-state index contributed by atoms with van der Waals surface area (Å²) in [6, 6.07) is -0.723. The highest BCUT2D eigenvalue weighted by Crippen LogP contribution is 2.22. The molecule has 2 aliphatic heterocycles. The first-order valence-corrected chi connectivity index (χ1v) is 9.09. The molecule has 2 saturated heterocycles. The second-order valence-corrected chi connectivity index (χ2v) is 7.29. The topological polar surface area (TPSA) is 87.7 Å². The van der Waals surface area contributed by atoms with Gasteiger partial charge in [-0.2, -0.15) is 17.4 Å². The van der Waals surface area contributed by atoms with E-state index in [9.17, 15) is 13.2 Å². The Morgan fingerprint density at radius 3 is 2.81 bits per heavy atom. The minimum absolute atomic E-state index is 0.0946. The lowest BCUT2D eigenvalue weighted by atomic mass is 10.0. The first-order valence-electron chi connectivity index (χ1n) is 7.65. The first-order chi connectivity index (χ1) is 9.95. The van der Waals surface area contributed by atoms with Crippen LogP contribution in [-0.4, -0.2) is 56.5 Å². The number of nitrogens with zero attached hydrogens (tertiary/aromatic N) is 1. The molecule has 122 valence electrons. The Morgan fingerprint density at radius 2 is 2.14 bits per heavy atom. The molecule has 0 amide bonds. The lowest BCUT2D eigenvalue weighted by Gasteiger charge is -2.32. The summed E-state index contributed by atoms with van der Waals surface area (Å²) in [5.74, 6) is -0.449. The zero-order valence-corrected chi connectivity index (χ0v) is 13.5. The molecule has 2 fully saturated rings. The highest BCUT2D eigenvalue weighted by molar-refractivity contribution is 7.87. The van der Waals surface area contributed by atoms with Crippen LogP contribution in [-0.2, 0) is 19.7 Å². The quantitative estimate of drug-likeness (QED) is 0.696. The Bertz CT molecular complexity index is 468. The van der Waals surface area contributed by atoms with Gasteiger partial charge in [-0.3, -0.25) is 4.79 Å². The van der Waals surface area contributed by atoms with E-state index in [0.717, 1.165) is 19.4 Å². The summed E-state index contributed by atoms with van der Waals surface area (Å²) in [4.78, 5) is 11.9. The predicted octanol–water partition coefficient (Wildman–Crippen LogP) is -0.0112. The number of rotatable bonds is 5. The summed E-state index contributed by atoms with van der Waals surface area (Å²) in [5.41, 5.74) is 0. The molecule has 3 atom stereocenters. The molecule has 3 unspecified atom stereocenters. The van der Waals surface area contributed by atoms with E-state index in [0.29, 0.717) is 19.4 Å². The Labute approximate surface area is 126 Å². The van der Waals surface area contributed by atoms with Gasteiger partial charge in [0, 0.05) is 18.6 Å². The Balaban J connectivity index is 2.05. The van der Waals surface area contributed by atoms with Gasteiger partial charge in [-0.15, -0.1) is 0 Å². The maximum absolute atomic E-state index is 12.5. The van der Waals surface area contributed by atoms with Gasteiger partial charge >= 0.3 is 5.97 Å². The number of carbonyl (C=O) groups excluding carboxylic acids is 1. The smallest absolute Gasteiger partial charge is 0.324 e. The number of ether oxygens (including phenoxy) is 1. The molecule has 2 rings (SSSR count). The predicted molar refractivity (Wildman–Crippen MR) is 78.9 cm³/mol. The summed E-state index contributed by atoms with van der Waals surface area (Å²) in [6.07, 6.45) is 2.96. The van der Waals surface area contributed by atoms with Crippen LogP contribution in [0.2, 0.25) is 0 Å². The number of nitrogens with one attached hydrogen (secondary N) is 2. The van der Waals surface area contributed by atoms with Crippen molar-refractivity contribution in [3.8, 4) is 0 Å². The van der Waals surface area contributed by atoms with E-state index < -0.39 is 22.2 Å². The molecule has 0 saturated carbocycles. The fraction of sp³-hybridized carbons (Fsp3) is 0.923. The van der Waals surface area contributed by atoms with Gasteiger partial charge in [-0.1, -0.05) is 0 Å². The Kier molecular flexibility index (Phi) is 5.59. The Morgan fingerprint density at radius 1 is 1.38 bits per heavy atom. The largest absolute Gasteiger partial charge is 0.465 e. The van der Waals surface area contributed by atoms with Crippen molar-refractivity contribution in [2.45, 2.75) is 57.7 Å². The summed E-state index contributed by atoms with van der Waals surface area (Å²) in [6.45, 7) is 5.24. The Hall–Kier alpha value is -0.700. The molecule has 7 nitrogen and oxygen atoms in total. The van der Waals surface area contributed by atoms with Gasteiger partial charge in [0.2, 0.25) is 0 Å². The van der Waals surface area contributed by atoms with Gasteiger partial charge in [0.05, 0.1) is 6.61 Å². The maximum Gasteiger partial charge on any atom is 0.324 e. The average Bonchev–Trinajstić information content (AvgIpc) is 2.92. The molecule has 0 aromatic rings. The van der Waals surface area contributed by atoms with Crippen LogP contribution in [0.15, 0.2) is 0 Å². The zero-order chi connectivity index (χ0) is 15.5. The number of carbonyl (C=O) groups is 1. The summed E-state index contributed by atoms with van der Waals surface area (Å²) < 4.78 is 34.1. The van der Waals surface area contributed by atoms with Crippen LogP contribution in [0.3, 0.4) is 0 Å². The van der Waals surface area contributed by atoms with Crippen molar-refractivity contribution in [2.24, 2.45) is 0 Å². The minimum atomic E-state index is -3.66. The third kappa shape index (κ3) is 3.94. The van der Waals surface area contributed by atoms with Gasteiger partial charge < -0.3 is 10.1 Å². The molecule has 0 aromatic carbocycles. The SMILES string of the molecule is CCOC(=O)C1CCCN1S(=O)(=O)NC1CCCNC1C. The van der Waals surface area contributed by atoms with Crippen LogP contribution >= 0.6 is 0 Å². The summed E-state index contributed by atoms with van der Waals surface area (Å²) in [7, 11) is -3.66. The first kappa shape index (κ1) is 16.7. The monoisotopic (exact) mass is 319 g/mol. The number of esters is 1. The fourth-order valence-electron chi connectivity index (χ4n) is 2.97. The number of hydrogen-bond acceptors (Lipinski definition) is 5. The van der Waals surface area contributed by atoms with E-state index in [2.05, 4.69) is 10.0 Å². The van der Waals surface area contributed by atoms with Crippen LogP contribution < -0.4 is 10.0 Å². The van der Waals surface area contributed by atoms with Gasteiger partial charge in [0.1, 0.15) is 6.04 Å². The molecule has 0 radical (unpaired) electrons. The number of piperidine rings is 1. The summed E-state index contributed by atoms with van der Waals surface area (Å²) >= 11 is 0.